The van der Waals surface area contributed by atoms with Crippen LogP contribution in [0.3, 0.4) is 0 Å². The maximum Gasteiger partial charge on any atom is 0.246 e. The topological polar surface area (TPSA) is 97.6 Å². The van der Waals surface area contributed by atoms with Gasteiger partial charge in [0.05, 0.1) is 18.6 Å². The Bertz CT molecular complexity index is 1030. The molecule has 154 valence electrons. The summed E-state index contributed by atoms with van der Waals surface area (Å²) in [4.78, 5) is 4.64. The van der Waals surface area contributed by atoms with Crippen molar-refractivity contribution in [1.29, 1.82) is 0 Å². The molecule has 3 rings (SSSR count). The van der Waals surface area contributed by atoms with E-state index in [2.05, 4.69) is 15.5 Å². The number of ether oxygens (including phenoxy) is 1. The van der Waals surface area contributed by atoms with Crippen molar-refractivity contribution in [3.63, 3.8) is 0 Å². The van der Waals surface area contributed by atoms with Crippen LogP contribution in [0.2, 0.25) is 0 Å². The third kappa shape index (κ3) is 4.75. The van der Waals surface area contributed by atoms with E-state index in [0.717, 1.165) is 17.0 Å². The van der Waals surface area contributed by atoms with Crippen molar-refractivity contribution in [2.24, 2.45) is 0 Å². The molecule has 1 aromatic heterocycles. The van der Waals surface area contributed by atoms with Crippen LogP contribution in [0.1, 0.15) is 19.7 Å². The van der Waals surface area contributed by atoms with Crippen molar-refractivity contribution in [3.05, 3.63) is 54.4 Å². The second-order valence-electron chi connectivity index (χ2n) is 6.21. The van der Waals surface area contributed by atoms with Crippen LogP contribution in [-0.4, -0.2) is 43.1 Å². The van der Waals surface area contributed by atoms with Gasteiger partial charge in [-0.2, -0.15) is 9.29 Å². The highest BCUT2D eigenvalue weighted by atomic mass is 32.2. The summed E-state index contributed by atoms with van der Waals surface area (Å²) in [6.07, 6.45) is 0. The Balaban J connectivity index is 1.64. The van der Waals surface area contributed by atoms with Crippen molar-refractivity contribution < 1.29 is 17.7 Å². The van der Waals surface area contributed by atoms with E-state index >= 15 is 0 Å². The summed E-state index contributed by atoms with van der Waals surface area (Å²) in [6, 6.07) is 14.0. The number of aromatic nitrogens is 2. The van der Waals surface area contributed by atoms with Crippen molar-refractivity contribution in [2.45, 2.75) is 25.3 Å². The fourth-order valence-corrected chi connectivity index (χ4v) is 4.28. The summed E-state index contributed by atoms with van der Waals surface area (Å²) < 4.78 is 36.9. The van der Waals surface area contributed by atoms with Gasteiger partial charge in [0.2, 0.25) is 21.7 Å². The molecule has 0 aliphatic carbocycles. The molecule has 0 aliphatic heterocycles. The van der Waals surface area contributed by atoms with Crippen molar-refractivity contribution in [3.8, 4) is 17.1 Å². The van der Waals surface area contributed by atoms with Crippen molar-refractivity contribution >= 4 is 15.7 Å². The van der Waals surface area contributed by atoms with E-state index in [1.165, 1.54) is 4.31 Å². The SMILES string of the molecule is CCN(CC)S(=O)(=O)c1ccc(NCc2nc(-c3ccc(OC)cc3)no2)cc1. The number of anilines is 1. The minimum Gasteiger partial charge on any atom is -0.497 e. The van der Waals surface area contributed by atoms with Gasteiger partial charge < -0.3 is 14.6 Å². The highest BCUT2D eigenvalue weighted by Gasteiger charge is 2.21. The fraction of sp³-hybridized carbons (Fsp3) is 0.300. The molecule has 0 spiro atoms. The summed E-state index contributed by atoms with van der Waals surface area (Å²) in [5, 5.41) is 7.14. The lowest BCUT2D eigenvalue weighted by Gasteiger charge is -2.18. The number of methoxy groups -OCH3 is 1. The third-order valence-corrected chi connectivity index (χ3v) is 6.52. The fourth-order valence-electron chi connectivity index (χ4n) is 2.82. The number of sulfonamides is 1. The largest absolute Gasteiger partial charge is 0.497 e. The molecule has 0 atom stereocenters. The van der Waals surface area contributed by atoms with E-state index in [0.29, 0.717) is 31.3 Å². The molecule has 0 radical (unpaired) electrons. The molecule has 0 saturated heterocycles. The predicted octanol–water partition coefficient (Wildman–Crippen LogP) is 3.39. The van der Waals surface area contributed by atoms with Gasteiger partial charge >= 0.3 is 0 Å². The molecule has 0 saturated carbocycles. The predicted molar refractivity (Wildman–Crippen MR) is 110 cm³/mol. The van der Waals surface area contributed by atoms with E-state index in [1.807, 2.05) is 38.1 Å². The smallest absolute Gasteiger partial charge is 0.246 e. The Kier molecular flexibility index (Phi) is 6.50. The van der Waals surface area contributed by atoms with Gasteiger partial charge in [-0.05, 0) is 48.5 Å². The van der Waals surface area contributed by atoms with E-state index in [9.17, 15) is 8.42 Å². The number of hydrogen-bond acceptors (Lipinski definition) is 7. The molecule has 1 heterocycles. The molecule has 0 aliphatic rings. The van der Waals surface area contributed by atoms with E-state index in [-0.39, 0.29) is 4.90 Å². The minimum absolute atomic E-state index is 0.270. The Labute approximate surface area is 170 Å². The van der Waals surface area contributed by atoms with Crippen molar-refractivity contribution in [2.75, 3.05) is 25.5 Å². The van der Waals surface area contributed by atoms with Crippen LogP contribution in [-0.2, 0) is 16.6 Å². The highest BCUT2D eigenvalue weighted by Crippen LogP contribution is 2.21. The first kappa shape index (κ1) is 20.8. The number of nitrogens with one attached hydrogen (secondary N) is 1. The summed E-state index contributed by atoms with van der Waals surface area (Å²) in [5.41, 5.74) is 1.58. The quantitative estimate of drug-likeness (QED) is 0.571. The maximum absolute atomic E-state index is 12.5. The lowest BCUT2D eigenvalue weighted by atomic mass is 10.2. The molecule has 0 bridgehead atoms. The molecule has 0 unspecified atom stereocenters. The number of hydrogen-bond donors (Lipinski definition) is 1. The summed E-state index contributed by atoms with van der Waals surface area (Å²) in [7, 11) is -1.85. The molecular formula is C20H24N4O4S. The zero-order valence-corrected chi connectivity index (χ0v) is 17.4. The molecule has 0 fully saturated rings. The maximum atomic E-state index is 12.5. The van der Waals surface area contributed by atoms with Crippen LogP contribution < -0.4 is 10.1 Å². The van der Waals surface area contributed by atoms with Gasteiger partial charge in [-0.3, -0.25) is 0 Å². The van der Waals surface area contributed by atoms with Crippen LogP contribution in [0.15, 0.2) is 57.9 Å². The second kappa shape index (κ2) is 9.06. The third-order valence-electron chi connectivity index (χ3n) is 4.46. The Morgan fingerprint density at radius 3 is 2.28 bits per heavy atom. The minimum atomic E-state index is -3.46. The lowest BCUT2D eigenvalue weighted by molar-refractivity contribution is 0.384. The zero-order valence-electron chi connectivity index (χ0n) is 16.6. The standard InChI is InChI=1S/C20H24N4O4S/c1-4-24(5-2)29(25,26)18-12-8-16(9-13-18)21-14-19-22-20(23-28-19)15-6-10-17(27-3)11-7-15/h6-13,21H,4-5,14H2,1-3H3. The normalized spacial score (nSPS) is 11.6. The number of nitrogens with zero attached hydrogens (tertiary/aromatic N) is 3. The van der Waals surface area contributed by atoms with Crippen molar-refractivity contribution in [1.82, 2.24) is 14.4 Å². The van der Waals surface area contributed by atoms with E-state index in [4.69, 9.17) is 9.26 Å². The van der Waals surface area contributed by atoms with Gasteiger partial charge in [-0.1, -0.05) is 19.0 Å². The number of rotatable bonds is 9. The van der Waals surface area contributed by atoms with Gasteiger partial charge in [-0.15, -0.1) is 0 Å². The average molecular weight is 417 g/mol. The molecule has 9 heteroatoms. The van der Waals surface area contributed by atoms with Crippen LogP contribution in [0.25, 0.3) is 11.4 Å². The van der Waals surface area contributed by atoms with Crippen LogP contribution in [0, 0.1) is 0 Å². The van der Waals surface area contributed by atoms with Gasteiger partial charge in [0.15, 0.2) is 0 Å². The average Bonchev–Trinajstić information content (AvgIpc) is 3.22. The first-order chi connectivity index (χ1) is 14.0. The zero-order chi connectivity index (χ0) is 20.9. The van der Waals surface area contributed by atoms with Gasteiger partial charge in [-0.25, -0.2) is 8.42 Å². The molecular weight excluding hydrogens is 392 g/mol. The van der Waals surface area contributed by atoms with Gasteiger partial charge in [0.1, 0.15) is 5.75 Å². The Morgan fingerprint density at radius 1 is 1.03 bits per heavy atom. The van der Waals surface area contributed by atoms with Crippen LogP contribution in [0.4, 0.5) is 5.69 Å². The Morgan fingerprint density at radius 2 is 1.69 bits per heavy atom. The summed E-state index contributed by atoms with van der Waals surface area (Å²) in [6.45, 7) is 4.84. The van der Waals surface area contributed by atoms with Crippen LogP contribution in [0.5, 0.6) is 5.75 Å². The Hall–Kier alpha value is -2.91. The molecule has 3 aromatic rings. The van der Waals surface area contributed by atoms with Gasteiger partial charge in [0, 0.05) is 24.3 Å². The monoisotopic (exact) mass is 416 g/mol. The molecule has 1 N–H and O–H groups in total. The number of benzene rings is 2. The summed E-state index contributed by atoms with van der Waals surface area (Å²) in [5.74, 6) is 1.67. The van der Waals surface area contributed by atoms with Crippen LogP contribution >= 0.6 is 0 Å². The first-order valence-corrected chi connectivity index (χ1v) is 10.7. The molecule has 2 aromatic carbocycles. The van der Waals surface area contributed by atoms with E-state index < -0.39 is 10.0 Å². The summed E-state index contributed by atoms with van der Waals surface area (Å²) >= 11 is 0. The first-order valence-electron chi connectivity index (χ1n) is 9.29. The van der Waals surface area contributed by atoms with E-state index in [1.54, 1.807) is 31.4 Å². The molecule has 29 heavy (non-hydrogen) atoms. The second-order valence-corrected chi connectivity index (χ2v) is 8.15. The highest BCUT2D eigenvalue weighted by molar-refractivity contribution is 7.89. The van der Waals surface area contributed by atoms with Gasteiger partial charge in [0.25, 0.3) is 0 Å². The molecule has 0 amide bonds. The lowest BCUT2D eigenvalue weighted by Crippen LogP contribution is -2.30. The molecule has 8 nitrogen and oxygen atoms in total.